The van der Waals surface area contributed by atoms with E-state index in [0.29, 0.717) is 11.1 Å². The van der Waals surface area contributed by atoms with Gasteiger partial charge in [0.1, 0.15) is 11.5 Å². The lowest BCUT2D eigenvalue weighted by Crippen LogP contribution is -2.29. The highest BCUT2D eigenvalue weighted by atomic mass is 16.4. The van der Waals surface area contributed by atoms with Crippen molar-refractivity contribution in [3.05, 3.63) is 95.6 Å². The van der Waals surface area contributed by atoms with Crippen molar-refractivity contribution in [2.24, 2.45) is 11.7 Å². The van der Waals surface area contributed by atoms with E-state index >= 15 is 0 Å². The van der Waals surface area contributed by atoms with Crippen LogP contribution in [0, 0.1) is 0 Å². The van der Waals surface area contributed by atoms with Gasteiger partial charge in [-0.25, -0.2) is 21.3 Å². The number of carbonyl (C=O) groups excluding carboxylic acids is 2. The summed E-state index contributed by atoms with van der Waals surface area (Å²) in [7, 11) is 0. The maximum absolute atomic E-state index is 10.7. The van der Waals surface area contributed by atoms with Crippen molar-refractivity contribution < 1.29 is 72.4 Å². The minimum Gasteiger partial charge on any atom is -0.867 e. The van der Waals surface area contributed by atoms with Gasteiger partial charge in [0.25, 0.3) is 11.8 Å². The number of hydrogen-bond donors (Lipinski definition) is 11. The van der Waals surface area contributed by atoms with Gasteiger partial charge in [-0.3, -0.25) is 30.4 Å². The molecule has 0 aliphatic rings. The van der Waals surface area contributed by atoms with Crippen LogP contribution >= 0.6 is 0 Å². The SMILES string of the molecule is NNC(=O)c1ccncc1.NNC(=O)c1ccncc1.O.O.O=C(O)c1cc(O)c(O)c(O)c1.O=C(O)c1cc(O)c([O-])c(O)c1.[H+]. The van der Waals surface area contributed by atoms with Gasteiger partial charge in [0.15, 0.2) is 17.2 Å². The topological polar surface area (TPSA) is 398 Å². The summed E-state index contributed by atoms with van der Waals surface area (Å²) in [6.07, 6.45) is 6.13. The molecule has 0 unspecified atom stereocenters. The average molecular weight is 651 g/mol. The second kappa shape index (κ2) is 20.2. The first-order valence-electron chi connectivity index (χ1n) is 11.5. The normalized spacial score (nSPS) is 8.91. The van der Waals surface area contributed by atoms with Gasteiger partial charge in [-0.15, -0.1) is 0 Å². The highest BCUT2D eigenvalue weighted by molar-refractivity contribution is 5.94. The molecule has 0 atom stereocenters. The number of nitrogens with two attached hydrogens (primary N) is 2. The minimum absolute atomic E-state index is 0. The molecule has 46 heavy (non-hydrogen) atoms. The number of hydrazine groups is 2. The molecular formula is C26H30N6O14. The number of hydrogen-bond acceptors (Lipinski definition) is 14. The number of rotatable bonds is 4. The molecule has 17 N–H and O–H groups in total. The van der Waals surface area contributed by atoms with Crippen LogP contribution in [-0.4, -0.2) is 80.4 Å². The van der Waals surface area contributed by atoms with Crippen LogP contribution in [0.5, 0.6) is 34.5 Å². The number of phenols is 5. The number of benzene rings is 2. The predicted octanol–water partition coefficient (Wildman–Crippen LogP) is -1.80. The second-order valence-corrected chi connectivity index (χ2v) is 7.74. The number of nitrogens with zero attached hydrogens (tertiary/aromatic N) is 2. The first kappa shape index (κ1) is 41.4. The number of aromatic carboxylic acids is 2. The lowest BCUT2D eigenvalue weighted by molar-refractivity contribution is -0.272. The Hall–Kier alpha value is -6.74. The second-order valence-electron chi connectivity index (χ2n) is 7.74. The zero-order valence-corrected chi connectivity index (χ0v) is 23.1. The molecule has 0 radical (unpaired) electrons. The number of aromatic hydroxyl groups is 5. The van der Waals surface area contributed by atoms with Gasteiger partial charge < -0.3 is 51.8 Å². The number of amides is 2. The number of aromatic nitrogens is 2. The van der Waals surface area contributed by atoms with Gasteiger partial charge in [-0.05, 0) is 54.3 Å². The highest BCUT2D eigenvalue weighted by Gasteiger charge is 2.12. The third-order valence-electron chi connectivity index (χ3n) is 4.76. The number of carboxylic acid groups (broad SMARTS) is 2. The van der Waals surface area contributed by atoms with Crippen LogP contribution in [-0.2, 0) is 0 Å². The molecular weight excluding hydrogens is 620 g/mol. The van der Waals surface area contributed by atoms with Crippen molar-refractivity contribution in [1.29, 1.82) is 0 Å². The summed E-state index contributed by atoms with van der Waals surface area (Å²) in [5.74, 6) is 2.00. The molecule has 0 aliphatic heterocycles. The van der Waals surface area contributed by atoms with E-state index in [1.165, 1.54) is 24.8 Å². The molecule has 0 aliphatic carbocycles. The summed E-state index contributed by atoms with van der Waals surface area (Å²) in [6, 6.07) is 9.60. The van der Waals surface area contributed by atoms with E-state index in [0.717, 1.165) is 24.3 Å². The van der Waals surface area contributed by atoms with Crippen molar-refractivity contribution in [3.63, 3.8) is 0 Å². The fraction of sp³-hybridized carbons (Fsp3) is 0. The van der Waals surface area contributed by atoms with Crippen molar-refractivity contribution >= 4 is 23.8 Å². The largest absolute Gasteiger partial charge is 1.00 e. The Balaban J connectivity index is -0.000000540. The number of phenolic OH excluding ortho intramolecular Hbond substituents is 5. The van der Waals surface area contributed by atoms with E-state index in [2.05, 4.69) is 9.97 Å². The van der Waals surface area contributed by atoms with Crippen molar-refractivity contribution in [3.8, 4) is 34.5 Å². The highest BCUT2D eigenvalue weighted by Crippen LogP contribution is 2.35. The Bertz CT molecular complexity index is 1430. The summed E-state index contributed by atoms with van der Waals surface area (Å²) >= 11 is 0. The fourth-order valence-electron chi connectivity index (χ4n) is 2.62. The van der Waals surface area contributed by atoms with E-state index in [1.807, 2.05) is 10.9 Å². The van der Waals surface area contributed by atoms with Crippen LogP contribution in [0.15, 0.2) is 73.3 Å². The predicted molar refractivity (Wildman–Crippen MR) is 155 cm³/mol. The van der Waals surface area contributed by atoms with Gasteiger partial charge in [0, 0.05) is 35.9 Å². The summed E-state index contributed by atoms with van der Waals surface area (Å²) in [6.45, 7) is 0. The Kier molecular flexibility index (Phi) is 18.2. The van der Waals surface area contributed by atoms with Gasteiger partial charge in [0.2, 0.25) is 0 Å². The Morgan fingerprint density at radius 1 is 0.587 bits per heavy atom. The lowest BCUT2D eigenvalue weighted by Gasteiger charge is -2.10. The lowest BCUT2D eigenvalue weighted by atomic mass is 10.2. The van der Waals surface area contributed by atoms with Gasteiger partial charge in [-0.1, -0.05) is 0 Å². The number of carboxylic acids is 2. The fourth-order valence-corrected chi connectivity index (χ4v) is 2.62. The van der Waals surface area contributed by atoms with Crippen LogP contribution in [0.25, 0.3) is 0 Å². The number of nitrogen functional groups attached to an aromatic ring is 2. The third-order valence-corrected chi connectivity index (χ3v) is 4.76. The quantitative estimate of drug-likeness (QED) is 0.0502. The van der Waals surface area contributed by atoms with E-state index in [4.69, 9.17) is 47.4 Å². The Labute approximate surface area is 259 Å². The number of pyridine rings is 2. The Morgan fingerprint density at radius 2 is 0.870 bits per heavy atom. The maximum atomic E-state index is 10.7. The summed E-state index contributed by atoms with van der Waals surface area (Å²) in [5, 5.41) is 71.6. The number of nitrogens with one attached hydrogen (secondary N) is 2. The minimum atomic E-state index is -1.32. The Morgan fingerprint density at radius 3 is 1.13 bits per heavy atom. The smallest absolute Gasteiger partial charge is 0.867 e. The monoisotopic (exact) mass is 650 g/mol. The van der Waals surface area contributed by atoms with Crippen LogP contribution in [0.1, 0.15) is 42.9 Å². The van der Waals surface area contributed by atoms with Crippen LogP contribution in [0.2, 0.25) is 0 Å². The molecule has 2 aromatic carbocycles. The first-order valence-corrected chi connectivity index (χ1v) is 11.5. The molecule has 0 fully saturated rings. The van der Waals surface area contributed by atoms with Crippen LogP contribution in [0.3, 0.4) is 0 Å². The molecule has 2 heterocycles. The van der Waals surface area contributed by atoms with E-state index in [-0.39, 0.29) is 35.3 Å². The summed E-state index contributed by atoms with van der Waals surface area (Å²) < 4.78 is 0. The molecule has 20 nitrogen and oxygen atoms in total. The van der Waals surface area contributed by atoms with E-state index in [9.17, 15) is 24.3 Å². The number of carbonyl (C=O) groups is 4. The van der Waals surface area contributed by atoms with Gasteiger partial charge in [0.05, 0.1) is 11.1 Å². The van der Waals surface area contributed by atoms with Gasteiger partial charge >= 0.3 is 13.4 Å². The molecule has 0 saturated carbocycles. The third kappa shape index (κ3) is 13.1. The van der Waals surface area contributed by atoms with Gasteiger partial charge in [-0.2, -0.15) is 0 Å². The molecule has 2 aromatic heterocycles. The van der Waals surface area contributed by atoms with Crippen molar-refractivity contribution in [2.45, 2.75) is 0 Å². The van der Waals surface area contributed by atoms with E-state index < -0.39 is 46.4 Å². The zero-order valence-electron chi connectivity index (χ0n) is 24.1. The average Bonchev–Trinajstić information content (AvgIpc) is 3.02. The van der Waals surface area contributed by atoms with Crippen molar-refractivity contribution in [1.82, 2.24) is 20.8 Å². The molecule has 0 saturated heterocycles. The summed E-state index contributed by atoms with van der Waals surface area (Å²) in [5.41, 5.74) is 4.43. The molecule has 248 valence electrons. The molecule has 2 amide bonds. The molecule has 0 spiro atoms. The molecule has 0 bridgehead atoms. The molecule has 4 aromatic rings. The molecule has 20 heteroatoms. The first-order chi connectivity index (χ1) is 20.7. The van der Waals surface area contributed by atoms with E-state index in [1.54, 1.807) is 24.3 Å². The maximum Gasteiger partial charge on any atom is 1.00 e. The van der Waals surface area contributed by atoms with Crippen LogP contribution < -0.4 is 27.6 Å². The summed E-state index contributed by atoms with van der Waals surface area (Å²) in [4.78, 5) is 49.6. The van der Waals surface area contributed by atoms with Crippen LogP contribution in [0.4, 0.5) is 0 Å². The standard InChI is InChI=1S/2C7H6O5.2C6H7N3O.2H2O/c2*8-4-1-3(7(11)12)2-5(9)6(4)10;2*7-9-6(10)5-1-3-8-4-2-5;;/h2*1-2,8-10H,(H,11,12);2*1-4H,7H2,(H,9,10);2*1H2. The zero-order chi connectivity index (χ0) is 33.4. The van der Waals surface area contributed by atoms with Crippen molar-refractivity contribution in [2.75, 3.05) is 0 Å². The molecule has 4 rings (SSSR count).